The van der Waals surface area contributed by atoms with Crippen LogP contribution in [0.4, 0.5) is 0 Å². The third-order valence-corrected chi connectivity index (χ3v) is 5.61. The highest BCUT2D eigenvalue weighted by atomic mass is 31.2. The molecule has 0 fully saturated rings. The third kappa shape index (κ3) is 6.64. The molecule has 0 saturated carbocycles. The molecule has 0 aliphatic rings. The van der Waals surface area contributed by atoms with E-state index in [0.717, 1.165) is 11.1 Å². The molecule has 0 saturated heterocycles. The predicted molar refractivity (Wildman–Crippen MR) is 99.6 cm³/mol. The number of benzene rings is 2. The average molecular weight is 375 g/mol. The standard InChI is InChI=1S/C18H22N3O4P/c1-15(20-21-19)18(22)14-26(23,24-12-16-8-4-2-5-9-16)25-13-17-10-6-3-7-11-17/h2-11,15,18,22H,12-14H2,1H3/t15-,18+/m1/s1. The first-order valence-corrected chi connectivity index (χ1v) is 9.93. The zero-order chi connectivity index (χ0) is 18.8. The Kier molecular flexibility index (Phi) is 7.85. The monoisotopic (exact) mass is 375 g/mol. The number of hydrogen-bond acceptors (Lipinski definition) is 5. The minimum absolute atomic E-state index is 0.0928. The molecule has 0 spiro atoms. The van der Waals surface area contributed by atoms with E-state index in [1.165, 1.54) is 0 Å². The summed E-state index contributed by atoms with van der Waals surface area (Å²) in [5.74, 6) is 0. The zero-order valence-corrected chi connectivity index (χ0v) is 15.4. The molecule has 8 heteroatoms. The molecule has 138 valence electrons. The Morgan fingerprint density at radius 2 is 1.50 bits per heavy atom. The van der Waals surface area contributed by atoms with E-state index in [-0.39, 0.29) is 19.4 Å². The van der Waals surface area contributed by atoms with Crippen LogP contribution in [0.15, 0.2) is 65.8 Å². The molecule has 2 rings (SSSR count). The van der Waals surface area contributed by atoms with Crippen molar-refractivity contribution in [3.05, 3.63) is 82.2 Å². The van der Waals surface area contributed by atoms with Crippen LogP contribution in [0.5, 0.6) is 0 Å². The van der Waals surface area contributed by atoms with Crippen molar-refractivity contribution in [2.24, 2.45) is 5.11 Å². The van der Waals surface area contributed by atoms with Crippen LogP contribution in [0.3, 0.4) is 0 Å². The van der Waals surface area contributed by atoms with Gasteiger partial charge in [0.1, 0.15) is 0 Å². The van der Waals surface area contributed by atoms with Crippen LogP contribution in [0.25, 0.3) is 10.4 Å². The van der Waals surface area contributed by atoms with E-state index in [2.05, 4.69) is 10.0 Å². The van der Waals surface area contributed by atoms with E-state index in [0.29, 0.717) is 0 Å². The minimum Gasteiger partial charge on any atom is -0.392 e. The Balaban J connectivity index is 2.07. The molecule has 0 aliphatic heterocycles. The minimum atomic E-state index is -3.62. The molecular weight excluding hydrogens is 353 g/mol. The Morgan fingerprint density at radius 3 is 1.92 bits per heavy atom. The first kappa shape index (κ1) is 20.2. The summed E-state index contributed by atoms with van der Waals surface area (Å²) in [7, 11) is -3.62. The number of azide groups is 1. The number of aliphatic hydroxyl groups is 1. The van der Waals surface area contributed by atoms with Crippen molar-refractivity contribution in [2.45, 2.75) is 32.3 Å². The maximum atomic E-state index is 13.1. The summed E-state index contributed by atoms with van der Waals surface area (Å²) >= 11 is 0. The lowest BCUT2D eigenvalue weighted by molar-refractivity contribution is 0.143. The van der Waals surface area contributed by atoms with Gasteiger partial charge in [0.25, 0.3) is 0 Å². The Morgan fingerprint density at radius 1 is 1.04 bits per heavy atom. The first-order chi connectivity index (χ1) is 12.5. The van der Waals surface area contributed by atoms with Gasteiger partial charge in [-0.25, -0.2) is 0 Å². The van der Waals surface area contributed by atoms with E-state index in [9.17, 15) is 9.67 Å². The molecule has 2 aromatic carbocycles. The molecule has 0 heterocycles. The summed E-state index contributed by atoms with van der Waals surface area (Å²) in [4.78, 5) is 2.67. The van der Waals surface area contributed by atoms with E-state index in [4.69, 9.17) is 14.6 Å². The lowest BCUT2D eigenvalue weighted by Crippen LogP contribution is -2.25. The van der Waals surface area contributed by atoms with Crippen LogP contribution in [-0.2, 0) is 26.8 Å². The van der Waals surface area contributed by atoms with Gasteiger partial charge >= 0.3 is 7.60 Å². The highest BCUT2D eigenvalue weighted by Crippen LogP contribution is 2.50. The lowest BCUT2D eigenvalue weighted by Gasteiger charge is -2.23. The maximum absolute atomic E-state index is 13.1. The molecule has 0 radical (unpaired) electrons. The second-order valence-corrected chi connectivity index (χ2v) is 7.93. The van der Waals surface area contributed by atoms with Gasteiger partial charge in [-0.2, -0.15) is 0 Å². The van der Waals surface area contributed by atoms with Crippen molar-refractivity contribution in [1.29, 1.82) is 0 Å². The number of hydrogen-bond donors (Lipinski definition) is 1. The van der Waals surface area contributed by atoms with Crippen molar-refractivity contribution in [3.8, 4) is 0 Å². The largest absolute Gasteiger partial charge is 0.392 e. The Hall–Kier alpha value is -2.14. The van der Waals surface area contributed by atoms with E-state index in [1.54, 1.807) is 6.92 Å². The molecule has 2 aromatic rings. The van der Waals surface area contributed by atoms with Crippen molar-refractivity contribution in [1.82, 2.24) is 0 Å². The molecule has 0 bridgehead atoms. The molecular formula is C18H22N3O4P. The molecule has 0 unspecified atom stereocenters. The van der Waals surface area contributed by atoms with Crippen molar-refractivity contribution >= 4 is 7.60 Å². The molecule has 0 aromatic heterocycles. The Bertz CT molecular complexity index is 719. The first-order valence-electron chi connectivity index (χ1n) is 8.21. The fraction of sp³-hybridized carbons (Fsp3) is 0.333. The third-order valence-electron chi connectivity index (χ3n) is 3.74. The van der Waals surface area contributed by atoms with Gasteiger partial charge in [0.15, 0.2) is 0 Å². The van der Waals surface area contributed by atoms with Crippen molar-refractivity contribution in [3.63, 3.8) is 0 Å². The smallest absolute Gasteiger partial charge is 0.333 e. The number of nitrogens with zero attached hydrogens (tertiary/aromatic N) is 3. The summed E-state index contributed by atoms with van der Waals surface area (Å²) in [6, 6.07) is 17.8. The van der Waals surface area contributed by atoms with Crippen LogP contribution in [0, 0.1) is 0 Å². The fourth-order valence-electron chi connectivity index (χ4n) is 2.18. The summed E-state index contributed by atoms with van der Waals surface area (Å²) in [5, 5.41) is 13.6. The summed E-state index contributed by atoms with van der Waals surface area (Å²) < 4.78 is 24.3. The normalized spacial score (nSPS) is 13.6. The summed E-state index contributed by atoms with van der Waals surface area (Å²) in [6.45, 7) is 1.73. The predicted octanol–water partition coefficient (Wildman–Crippen LogP) is 4.67. The van der Waals surface area contributed by atoms with Gasteiger partial charge in [0, 0.05) is 4.91 Å². The lowest BCUT2D eigenvalue weighted by atomic mass is 10.2. The molecule has 2 atom stereocenters. The van der Waals surface area contributed by atoms with Gasteiger partial charge in [-0.3, -0.25) is 4.57 Å². The SMILES string of the molecule is C[C@@H](N=[N+]=[N-])[C@@H](O)CP(=O)(OCc1ccccc1)OCc1ccccc1. The van der Waals surface area contributed by atoms with Gasteiger partial charge in [-0.05, 0) is 16.7 Å². The highest BCUT2D eigenvalue weighted by Gasteiger charge is 2.31. The second kappa shape index (κ2) is 10.1. The summed E-state index contributed by atoms with van der Waals surface area (Å²) in [5.41, 5.74) is 10.2. The number of aliphatic hydroxyl groups excluding tert-OH is 1. The fourth-order valence-corrected chi connectivity index (χ4v) is 3.92. The van der Waals surface area contributed by atoms with E-state index in [1.807, 2.05) is 60.7 Å². The number of rotatable bonds is 10. The van der Waals surface area contributed by atoms with E-state index < -0.39 is 19.7 Å². The Labute approximate surface area is 152 Å². The van der Waals surface area contributed by atoms with Gasteiger partial charge in [-0.15, -0.1) is 0 Å². The van der Waals surface area contributed by atoms with Crippen LogP contribution in [0.2, 0.25) is 0 Å². The highest BCUT2D eigenvalue weighted by molar-refractivity contribution is 7.53. The molecule has 1 N–H and O–H groups in total. The average Bonchev–Trinajstić information content (AvgIpc) is 2.67. The summed E-state index contributed by atoms with van der Waals surface area (Å²) in [6.07, 6.45) is -1.39. The zero-order valence-electron chi connectivity index (χ0n) is 14.5. The van der Waals surface area contributed by atoms with Gasteiger partial charge in [0.05, 0.1) is 31.5 Å². The second-order valence-electron chi connectivity index (χ2n) is 5.82. The van der Waals surface area contributed by atoms with Crippen molar-refractivity contribution < 1.29 is 18.7 Å². The maximum Gasteiger partial charge on any atom is 0.333 e. The van der Waals surface area contributed by atoms with Crippen LogP contribution in [0.1, 0.15) is 18.1 Å². The van der Waals surface area contributed by atoms with Crippen LogP contribution >= 0.6 is 7.60 Å². The van der Waals surface area contributed by atoms with Gasteiger partial charge in [0.2, 0.25) is 0 Å². The van der Waals surface area contributed by atoms with Gasteiger partial charge in [-0.1, -0.05) is 72.7 Å². The molecule has 0 amide bonds. The molecule has 0 aliphatic carbocycles. The van der Waals surface area contributed by atoms with Crippen molar-refractivity contribution in [2.75, 3.05) is 6.16 Å². The molecule has 7 nitrogen and oxygen atoms in total. The van der Waals surface area contributed by atoms with Crippen LogP contribution < -0.4 is 0 Å². The van der Waals surface area contributed by atoms with Gasteiger partial charge < -0.3 is 14.2 Å². The van der Waals surface area contributed by atoms with Crippen LogP contribution in [-0.4, -0.2) is 23.4 Å². The quantitative estimate of drug-likeness (QED) is 0.282. The molecule has 26 heavy (non-hydrogen) atoms. The topological polar surface area (TPSA) is 105 Å². The van der Waals surface area contributed by atoms with E-state index >= 15 is 0 Å².